The summed E-state index contributed by atoms with van der Waals surface area (Å²) in [6.45, 7) is -0.490. The van der Waals surface area contributed by atoms with Crippen LogP contribution in [0.3, 0.4) is 0 Å². The molecule has 1 aliphatic carbocycles. The number of carbonyl (C=O) groups excluding carboxylic acids is 1. The van der Waals surface area contributed by atoms with Crippen molar-refractivity contribution >= 4 is 32.7 Å². The number of aromatic nitrogens is 2. The van der Waals surface area contributed by atoms with Gasteiger partial charge in [0.15, 0.2) is 11.6 Å². The number of aliphatic hydroxyl groups excluding tert-OH is 1. The third kappa shape index (κ3) is 4.17. The third-order valence-corrected chi connectivity index (χ3v) is 5.10. The summed E-state index contributed by atoms with van der Waals surface area (Å²) in [5.74, 6) is -1.94. The Kier molecular flexibility index (Phi) is 6.18. The second-order valence-corrected chi connectivity index (χ2v) is 7.31. The molecular formula is C19H19BrF2N2O3. The SMILES string of the molecule is Cn1cnc2c(F)c(CC3CC=C(Br)C=C3F)c(C(=O)COCCO)cc21. The van der Waals surface area contributed by atoms with E-state index in [0.29, 0.717) is 16.4 Å². The molecule has 0 spiro atoms. The maximum Gasteiger partial charge on any atom is 0.188 e. The topological polar surface area (TPSA) is 64.4 Å². The van der Waals surface area contributed by atoms with Crippen LogP contribution < -0.4 is 0 Å². The molecule has 1 aliphatic rings. The molecule has 0 fully saturated rings. The van der Waals surface area contributed by atoms with Crippen molar-refractivity contribution in [2.75, 3.05) is 19.8 Å². The van der Waals surface area contributed by atoms with Crippen molar-refractivity contribution in [1.82, 2.24) is 9.55 Å². The summed E-state index contributed by atoms with van der Waals surface area (Å²) in [5, 5.41) is 8.80. The summed E-state index contributed by atoms with van der Waals surface area (Å²) >= 11 is 3.23. The number of hydrogen-bond acceptors (Lipinski definition) is 4. The van der Waals surface area contributed by atoms with E-state index in [2.05, 4.69) is 20.9 Å². The number of fused-ring (bicyclic) bond motifs is 1. The Balaban J connectivity index is 2.01. The normalized spacial score (nSPS) is 17.1. The summed E-state index contributed by atoms with van der Waals surface area (Å²) in [6, 6.07) is 1.57. The standard InChI is InChI=1S/C19H19BrF2N2O3/c1-24-10-23-19-16(24)8-13(17(26)9-27-5-4-25)14(18(19)22)6-11-2-3-12(20)7-15(11)21/h3,7-8,10-11,25H,2,4-6,9H2,1H3. The second kappa shape index (κ2) is 8.41. The van der Waals surface area contributed by atoms with E-state index in [1.807, 2.05) is 6.08 Å². The number of imidazole rings is 1. The first-order chi connectivity index (χ1) is 12.9. The predicted octanol–water partition coefficient (Wildman–Crippen LogP) is 3.60. The third-order valence-electron chi connectivity index (χ3n) is 4.54. The van der Waals surface area contributed by atoms with Crippen LogP contribution in [-0.2, 0) is 18.2 Å². The largest absolute Gasteiger partial charge is 0.394 e. The molecule has 1 N–H and O–H groups in total. The molecule has 8 heteroatoms. The van der Waals surface area contributed by atoms with E-state index < -0.39 is 17.5 Å². The van der Waals surface area contributed by atoms with E-state index in [1.165, 1.54) is 12.4 Å². The number of ketones is 1. The molecule has 1 unspecified atom stereocenters. The van der Waals surface area contributed by atoms with E-state index in [0.717, 1.165) is 0 Å². The van der Waals surface area contributed by atoms with Gasteiger partial charge in [0, 0.05) is 28.6 Å². The lowest BCUT2D eigenvalue weighted by Gasteiger charge is -2.19. The zero-order valence-corrected chi connectivity index (χ0v) is 16.3. The van der Waals surface area contributed by atoms with Gasteiger partial charge in [0.05, 0.1) is 25.1 Å². The summed E-state index contributed by atoms with van der Waals surface area (Å²) in [5.41, 5.74) is 0.919. The van der Waals surface area contributed by atoms with Crippen LogP contribution in [-0.4, -0.2) is 40.3 Å². The number of aliphatic hydroxyl groups is 1. The van der Waals surface area contributed by atoms with Crippen LogP contribution in [0.2, 0.25) is 0 Å². The average molecular weight is 441 g/mol. The van der Waals surface area contributed by atoms with Crippen molar-refractivity contribution in [3.63, 3.8) is 0 Å². The van der Waals surface area contributed by atoms with Gasteiger partial charge in [0.25, 0.3) is 0 Å². The fourth-order valence-electron chi connectivity index (χ4n) is 3.12. The first-order valence-electron chi connectivity index (χ1n) is 8.49. The van der Waals surface area contributed by atoms with Crippen LogP contribution in [0.1, 0.15) is 22.3 Å². The minimum absolute atomic E-state index is 0.0102. The molecule has 1 aromatic heterocycles. The molecule has 1 aromatic carbocycles. The maximum absolute atomic E-state index is 15.2. The Labute approximate surface area is 163 Å². The van der Waals surface area contributed by atoms with Crippen LogP contribution in [0.4, 0.5) is 8.78 Å². The zero-order valence-electron chi connectivity index (χ0n) is 14.7. The second-order valence-electron chi connectivity index (χ2n) is 6.39. The van der Waals surface area contributed by atoms with Crippen LogP contribution in [0, 0.1) is 11.7 Å². The molecule has 0 radical (unpaired) electrons. The lowest BCUT2D eigenvalue weighted by atomic mass is 9.88. The van der Waals surface area contributed by atoms with Gasteiger partial charge in [-0.3, -0.25) is 4.79 Å². The number of benzene rings is 1. The molecule has 0 bridgehead atoms. The van der Waals surface area contributed by atoms with E-state index >= 15 is 4.39 Å². The summed E-state index contributed by atoms with van der Waals surface area (Å²) in [7, 11) is 1.71. The van der Waals surface area contributed by atoms with Gasteiger partial charge in [-0.05, 0) is 25.0 Å². The van der Waals surface area contributed by atoms with E-state index in [9.17, 15) is 9.18 Å². The quantitative estimate of drug-likeness (QED) is 0.527. The van der Waals surface area contributed by atoms with Crippen molar-refractivity contribution in [1.29, 1.82) is 0 Å². The van der Waals surface area contributed by atoms with E-state index in [4.69, 9.17) is 9.84 Å². The minimum Gasteiger partial charge on any atom is -0.394 e. The zero-order chi connectivity index (χ0) is 19.6. The molecule has 2 aromatic rings. The first-order valence-corrected chi connectivity index (χ1v) is 9.28. The molecule has 0 aliphatic heterocycles. The Morgan fingerprint density at radius 2 is 2.26 bits per heavy atom. The van der Waals surface area contributed by atoms with Gasteiger partial charge in [0.2, 0.25) is 0 Å². The highest BCUT2D eigenvalue weighted by molar-refractivity contribution is 9.11. The number of halogens is 3. The summed E-state index contributed by atoms with van der Waals surface area (Å²) in [4.78, 5) is 16.7. The van der Waals surface area contributed by atoms with Crippen molar-refractivity contribution < 1.29 is 23.4 Å². The Hall–Kier alpha value is -1.90. The Morgan fingerprint density at radius 1 is 1.48 bits per heavy atom. The smallest absolute Gasteiger partial charge is 0.188 e. The number of nitrogens with zero attached hydrogens (tertiary/aromatic N) is 2. The molecule has 0 saturated heterocycles. The van der Waals surface area contributed by atoms with E-state index in [1.54, 1.807) is 17.7 Å². The monoisotopic (exact) mass is 440 g/mol. The first kappa shape index (κ1) is 19.9. The molecule has 3 rings (SSSR count). The molecule has 27 heavy (non-hydrogen) atoms. The summed E-state index contributed by atoms with van der Waals surface area (Å²) < 4.78 is 36.9. The number of allylic oxidation sites excluding steroid dienone is 4. The van der Waals surface area contributed by atoms with Crippen LogP contribution in [0.5, 0.6) is 0 Å². The Bertz CT molecular complexity index is 937. The number of hydrogen-bond donors (Lipinski definition) is 1. The van der Waals surface area contributed by atoms with Gasteiger partial charge in [-0.1, -0.05) is 22.0 Å². The van der Waals surface area contributed by atoms with Gasteiger partial charge in [-0.25, -0.2) is 13.8 Å². The highest BCUT2D eigenvalue weighted by Crippen LogP contribution is 2.33. The highest BCUT2D eigenvalue weighted by atomic mass is 79.9. The number of ether oxygens (including phenoxy) is 1. The van der Waals surface area contributed by atoms with Gasteiger partial charge >= 0.3 is 0 Å². The maximum atomic E-state index is 15.2. The lowest BCUT2D eigenvalue weighted by molar-refractivity contribution is 0.0662. The molecule has 144 valence electrons. The molecule has 0 amide bonds. The number of Topliss-reactive ketones (excluding diaryl/α,β-unsaturated/α-hetero) is 1. The fraction of sp³-hybridized carbons (Fsp3) is 0.368. The summed E-state index contributed by atoms with van der Waals surface area (Å²) in [6.07, 6.45) is 5.08. The van der Waals surface area contributed by atoms with Gasteiger partial charge < -0.3 is 14.4 Å². The predicted molar refractivity (Wildman–Crippen MR) is 101 cm³/mol. The Morgan fingerprint density at radius 3 is 2.96 bits per heavy atom. The molecule has 1 heterocycles. The molecule has 5 nitrogen and oxygen atoms in total. The number of carbonyl (C=O) groups is 1. The lowest BCUT2D eigenvalue weighted by Crippen LogP contribution is -2.17. The number of rotatable bonds is 7. The minimum atomic E-state index is -0.611. The van der Waals surface area contributed by atoms with Gasteiger partial charge in [-0.2, -0.15) is 0 Å². The average Bonchev–Trinajstić information content (AvgIpc) is 3.00. The van der Waals surface area contributed by atoms with Crippen LogP contribution in [0.15, 0.2) is 34.9 Å². The van der Waals surface area contributed by atoms with Gasteiger partial charge in [0.1, 0.15) is 18.0 Å². The van der Waals surface area contributed by atoms with Crippen molar-refractivity contribution in [2.24, 2.45) is 13.0 Å². The van der Waals surface area contributed by atoms with Crippen molar-refractivity contribution in [3.05, 3.63) is 51.8 Å². The van der Waals surface area contributed by atoms with E-state index in [-0.39, 0.29) is 48.7 Å². The van der Waals surface area contributed by atoms with Crippen LogP contribution >= 0.6 is 15.9 Å². The fourth-order valence-corrected chi connectivity index (χ4v) is 3.53. The van der Waals surface area contributed by atoms with Crippen LogP contribution in [0.25, 0.3) is 11.0 Å². The molecular weight excluding hydrogens is 422 g/mol. The van der Waals surface area contributed by atoms with Crippen molar-refractivity contribution in [3.8, 4) is 0 Å². The van der Waals surface area contributed by atoms with Gasteiger partial charge in [-0.15, -0.1) is 0 Å². The molecule has 1 atom stereocenters. The highest BCUT2D eigenvalue weighted by Gasteiger charge is 2.26. The van der Waals surface area contributed by atoms with Crippen molar-refractivity contribution in [2.45, 2.75) is 12.8 Å². The molecule has 0 saturated carbocycles. The number of aryl methyl sites for hydroxylation is 1.